The van der Waals surface area contributed by atoms with Gasteiger partial charge in [0.25, 0.3) is 0 Å². The molecule has 1 aromatic rings. The van der Waals surface area contributed by atoms with Crippen molar-refractivity contribution in [2.24, 2.45) is 0 Å². The van der Waals surface area contributed by atoms with Crippen molar-refractivity contribution in [1.29, 1.82) is 0 Å². The first-order chi connectivity index (χ1) is 9.22. The van der Waals surface area contributed by atoms with E-state index in [1.807, 2.05) is 6.92 Å². The third-order valence-corrected chi connectivity index (χ3v) is 4.10. The topological polar surface area (TPSA) is 53.1 Å². The Bertz CT molecular complexity index is 451. The van der Waals surface area contributed by atoms with E-state index in [1.165, 1.54) is 37.2 Å². The minimum Gasteiger partial charge on any atom is -0.367 e. The van der Waals surface area contributed by atoms with E-state index in [2.05, 4.69) is 32.5 Å². The van der Waals surface area contributed by atoms with Gasteiger partial charge >= 0.3 is 0 Å². The maximum Gasteiger partial charge on any atom is 0.134 e. The van der Waals surface area contributed by atoms with Crippen LogP contribution >= 0.6 is 0 Å². The number of aryl methyl sites for hydroxylation is 1. The molecule has 0 amide bonds. The monoisotopic (exact) mass is 261 g/mol. The van der Waals surface area contributed by atoms with Crippen LogP contribution in [0.5, 0.6) is 0 Å². The van der Waals surface area contributed by atoms with Gasteiger partial charge in [-0.15, -0.1) is 0 Å². The second kappa shape index (κ2) is 5.43. The molecular weight excluding hydrogens is 238 g/mol. The Morgan fingerprint density at radius 2 is 2.05 bits per heavy atom. The zero-order valence-electron chi connectivity index (χ0n) is 11.9. The molecule has 104 valence electrons. The van der Waals surface area contributed by atoms with E-state index in [-0.39, 0.29) is 0 Å². The zero-order chi connectivity index (χ0) is 13.2. The van der Waals surface area contributed by atoms with Crippen LogP contribution in [0.2, 0.25) is 0 Å². The number of aromatic nitrogens is 2. The Morgan fingerprint density at radius 3 is 2.84 bits per heavy atom. The SMILES string of the molecule is Cc1nc2c(c(NC3CCN(C)CC3)n1)CNCC2. The number of fused-ring (bicyclic) bond motifs is 1. The highest BCUT2D eigenvalue weighted by molar-refractivity contribution is 5.48. The van der Waals surface area contributed by atoms with Crippen molar-refractivity contribution < 1.29 is 0 Å². The predicted octanol–water partition coefficient (Wildman–Crippen LogP) is 0.937. The summed E-state index contributed by atoms with van der Waals surface area (Å²) in [6.45, 7) is 6.24. The molecule has 0 atom stereocenters. The number of rotatable bonds is 2. The average molecular weight is 261 g/mol. The summed E-state index contributed by atoms with van der Waals surface area (Å²) >= 11 is 0. The lowest BCUT2D eigenvalue weighted by molar-refractivity contribution is 0.263. The largest absolute Gasteiger partial charge is 0.367 e. The van der Waals surface area contributed by atoms with Crippen LogP contribution < -0.4 is 10.6 Å². The van der Waals surface area contributed by atoms with Gasteiger partial charge in [0, 0.05) is 31.1 Å². The number of piperidine rings is 1. The van der Waals surface area contributed by atoms with Gasteiger partial charge in [-0.1, -0.05) is 0 Å². The third-order valence-electron chi connectivity index (χ3n) is 4.10. The number of nitrogens with one attached hydrogen (secondary N) is 2. The zero-order valence-corrected chi connectivity index (χ0v) is 11.9. The molecule has 0 saturated carbocycles. The highest BCUT2D eigenvalue weighted by Gasteiger charge is 2.21. The van der Waals surface area contributed by atoms with Gasteiger partial charge in [0.1, 0.15) is 11.6 Å². The molecule has 19 heavy (non-hydrogen) atoms. The van der Waals surface area contributed by atoms with Gasteiger partial charge in [-0.3, -0.25) is 0 Å². The van der Waals surface area contributed by atoms with E-state index in [9.17, 15) is 0 Å². The number of nitrogens with zero attached hydrogens (tertiary/aromatic N) is 3. The van der Waals surface area contributed by atoms with Gasteiger partial charge in [-0.2, -0.15) is 0 Å². The fraction of sp³-hybridized carbons (Fsp3) is 0.714. The first-order valence-electron chi connectivity index (χ1n) is 7.24. The molecule has 2 aliphatic heterocycles. The molecule has 0 bridgehead atoms. The van der Waals surface area contributed by atoms with Crippen LogP contribution in [0.25, 0.3) is 0 Å². The smallest absolute Gasteiger partial charge is 0.134 e. The second-order valence-corrected chi connectivity index (χ2v) is 5.69. The Kier molecular flexibility index (Phi) is 3.66. The third kappa shape index (κ3) is 2.87. The Morgan fingerprint density at radius 1 is 1.26 bits per heavy atom. The number of hydrogen-bond acceptors (Lipinski definition) is 5. The van der Waals surface area contributed by atoms with E-state index in [0.717, 1.165) is 31.2 Å². The van der Waals surface area contributed by atoms with Crippen LogP contribution in [0.4, 0.5) is 5.82 Å². The summed E-state index contributed by atoms with van der Waals surface area (Å²) in [4.78, 5) is 11.6. The molecular formula is C14H23N5. The molecule has 3 heterocycles. The second-order valence-electron chi connectivity index (χ2n) is 5.69. The van der Waals surface area contributed by atoms with Crippen molar-refractivity contribution in [3.8, 4) is 0 Å². The molecule has 0 aromatic carbocycles. The summed E-state index contributed by atoms with van der Waals surface area (Å²) in [5.41, 5.74) is 2.50. The van der Waals surface area contributed by atoms with E-state index in [4.69, 9.17) is 0 Å². The minimum absolute atomic E-state index is 0.552. The first-order valence-corrected chi connectivity index (χ1v) is 7.24. The van der Waals surface area contributed by atoms with Gasteiger partial charge in [-0.05, 0) is 39.9 Å². The molecule has 2 aliphatic rings. The molecule has 0 radical (unpaired) electrons. The van der Waals surface area contributed by atoms with Crippen molar-refractivity contribution in [2.45, 2.75) is 38.8 Å². The summed E-state index contributed by atoms with van der Waals surface area (Å²) in [5.74, 6) is 1.94. The molecule has 0 spiro atoms. The fourth-order valence-corrected chi connectivity index (χ4v) is 2.93. The lowest BCUT2D eigenvalue weighted by Crippen LogP contribution is -2.37. The fourth-order valence-electron chi connectivity index (χ4n) is 2.93. The lowest BCUT2D eigenvalue weighted by atomic mass is 10.0. The lowest BCUT2D eigenvalue weighted by Gasteiger charge is -2.31. The summed E-state index contributed by atoms with van der Waals surface area (Å²) < 4.78 is 0. The number of anilines is 1. The summed E-state index contributed by atoms with van der Waals surface area (Å²) in [5, 5.41) is 7.07. The van der Waals surface area contributed by atoms with Crippen LogP contribution in [0, 0.1) is 6.92 Å². The van der Waals surface area contributed by atoms with E-state index < -0.39 is 0 Å². The van der Waals surface area contributed by atoms with Gasteiger partial charge < -0.3 is 15.5 Å². The van der Waals surface area contributed by atoms with Crippen molar-refractivity contribution in [3.05, 3.63) is 17.1 Å². The molecule has 0 aliphatic carbocycles. The standard InChI is InChI=1S/C14H23N5/c1-10-16-13-3-6-15-9-12(13)14(17-10)18-11-4-7-19(2)8-5-11/h11,15H,3-9H2,1-2H3,(H,16,17,18). The Hall–Kier alpha value is -1.20. The molecule has 3 rings (SSSR count). The van der Waals surface area contributed by atoms with Crippen LogP contribution in [0.15, 0.2) is 0 Å². The number of likely N-dealkylation sites (tertiary alicyclic amines) is 1. The van der Waals surface area contributed by atoms with Crippen molar-refractivity contribution >= 4 is 5.82 Å². The van der Waals surface area contributed by atoms with Crippen molar-refractivity contribution in [2.75, 3.05) is 32.0 Å². The molecule has 0 unspecified atom stereocenters. The highest BCUT2D eigenvalue weighted by atomic mass is 15.1. The predicted molar refractivity (Wildman–Crippen MR) is 76.3 cm³/mol. The normalized spacial score (nSPS) is 21.2. The van der Waals surface area contributed by atoms with Gasteiger partial charge in [0.2, 0.25) is 0 Å². The maximum absolute atomic E-state index is 4.62. The summed E-state index contributed by atoms with van der Waals surface area (Å²) in [7, 11) is 2.19. The van der Waals surface area contributed by atoms with Gasteiger partial charge in [0.15, 0.2) is 0 Å². The van der Waals surface area contributed by atoms with Crippen LogP contribution in [-0.4, -0.2) is 47.6 Å². The van der Waals surface area contributed by atoms with E-state index in [1.54, 1.807) is 0 Å². The Labute approximate surface area is 114 Å². The number of hydrogen-bond donors (Lipinski definition) is 2. The molecule has 1 saturated heterocycles. The maximum atomic E-state index is 4.62. The summed E-state index contributed by atoms with van der Waals surface area (Å²) in [6, 6.07) is 0.552. The van der Waals surface area contributed by atoms with Crippen molar-refractivity contribution in [3.63, 3.8) is 0 Å². The van der Waals surface area contributed by atoms with Gasteiger partial charge in [-0.25, -0.2) is 9.97 Å². The van der Waals surface area contributed by atoms with Crippen LogP contribution in [-0.2, 0) is 13.0 Å². The van der Waals surface area contributed by atoms with E-state index in [0.29, 0.717) is 6.04 Å². The Balaban J connectivity index is 1.78. The first kappa shape index (κ1) is 12.8. The van der Waals surface area contributed by atoms with Gasteiger partial charge in [0.05, 0.1) is 5.69 Å². The molecule has 5 heteroatoms. The highest BCUT2D eigenvalue weighted by Crippen LogP contribution is 2.22. The summed E-state index contributed by atoms with van der Waals surface area (Å²) in [6.07, 6.45) is 3.41. The molecule has 5 nitrogen and oxygen atoms in total. The van der Waals surface area contributed by atoms with Crippen LogP contribution in [0.1, 0.15) is 29.9 Å². The molecule has 1 aromatic heterocycles. The molecule has 1 fully saturated rings. The van der Waals surface area contributed by atoms with Crippen molar-refractivity contribution in [1.82, 2.24) is 20.2 Å². The quantitative estimate of drug-likeness (QED) is 0.830. The average Bonchev–Trinajstić information content (AvgIpc) is 2.41. The van der Waals surface area contributed by atoms with E-state index >= 15 is 0 Å². The molecule has 2 N–H and O–H groups in total. The van der Waals surface area contributed by atoms with Crippen LogP contribution in [0.3, 0.4) is 0 Å². The minimum atomic E-state index is 0.552.